The fourth-order valence-corrected chi connectivity index (χ4v) is 1.74. The Morgan fingerprint density at radius 2 is 2.00 bits per heavy atom. The molecule has 0 amide bonds. The normalized spacial score (nSPS) is 10.1. The summed E-state index contributed by atoms with van der Waals surface area (Å²) in [6.07, 6.45) is 0. The third-order valence-electron chi connectivity index (χ3n) is 2.63. The maximum Gasteiger partial charge on any atom is 0.337 e. The highest BCUT2D eigenvalue weighted by Gasteiger charge is 2.09. The van der Waals surface area contributed by atoms with Gasteiger partial charge in [0.05, 0.1) is 17.9 Å². The molecule has 0 radical (unpaired) electrons. The van der Waals surface area contributed by atoms with Crippen LogP contribution in [0.1, 0.15) is 23.0 Å². The molecule has 1 N–H and O–H groups in total. The van der Waals surface area contributed by atoms with Gasteiger partial charge >= 0.3 is 5.97 Å². The molecule has 0 aliphatic rings. The number of carboxylic acid groups (broad SMARTS) is 1. The molecule has 0 unspecified atom stereocenters. The fraction of sp³-hybridized carbons (Fsp3) is 0.200. The molecule has 2 rings (SSSR count). The van der Waals surface area contributed by atoms with Gasteiger partial charge in [0.2, 0.25) is 5.88 Å². The zero-order valence-corrected chi connectivity index (χ0v) is 11.3. The monoisotopic (exact) mass is 273 g/mol. The van der Waals surface area contributed by atoms with E-state index in [9.17, 15) is 4.79 Å². The Bertz CT molecular complexity index is 625. The summed E-state index contributed by atoms with van der Waals surface area (Å²) in [4.78, 5) is 15.0. The SMILES string of the molecule is CCOc1cccc(Oc2ccc(C(=O)O)c(C)n2)c1. The number of benzene rings is 1. The first-order valence-corrected chi connectivity index (χ1v) is 6.22. The number of ether oxygens (including phenoxy) is 2. The average molecular weight is 273 g/mol. The molecule has 0 bridgehead atoms. The van der Waals surface area contributed by atoms with Gasteiger partial charge in [-0.1, -0.05) is 6.07 Å². The Morgan fingerprint density at radius 1 is 1.25 bits per heavy atom. The van der Waals surface area contributed by atoms with Crippen LogP contribution >= 0.6 is 0 Å². The lowest BCUT2D eigenvalue weighted by atomic mass is 10.2. The van der Waals surface area contributed by atoms with Crippen molar-refractivity contribution in [3.8, 4) is 17.4 Å². The minimum Gasteiger partial charge on any atom is -0.494 e. The lowest BCUT2D eigenvalue weighted by molar-refractivity contribution is 0.0695. The van der Waals surface area contributed by atoms with Crippen molar-refractivity contribution in [3.63, 3.8) is 0 Å². The molecule has 1 heterocycles. The summed E-state index contributed by atoms with van der Waals surface area (Å²) in [6, 6.07) is 10.2. The van der Waals surface area contributed by atoms with E-state index in [4.69, 9.17) is 14.6 Å². The topological polar surface area (TPSA) is 68.7 Å². The Labute approximate surface area is 116 Å². The molecule has 1 aromatic heterocycles. The van der Waals surface area contributed by atoms with Crippen LogP contribution in [0.15, 0.2) is 36.4 Å². The van der Waals surface area contributed by atoms with Gasteiger partial charge in [-0.25, -0.2) is 9.78 Å². The van der Waals surface area contributed by atoms with Crippen LogP contribution in [-0.4, -0.2) is 22.7 Å². The predicted octanol–water partition coefficient (Wildman–Crippen LogP) is 3.28. The van der Waals surface area contributed by atoms with E-state index in [1.807, 2.05) is 19.1 Å². The van der Waals surface area contributed by atoms with Crippen molar-refractivity contribution < 1.29 is 19.4 Å². The molecule has 104 valence electrons. The molecule has 0 saturated carbocycles. The summed E-state index contributed by atoms with van der Waals surface area (Å²) in [5, 5.41) is 8.94. The van der Waals surface area contributed by atoms with Crippen molar-refractivity contribution in [3.05, 3.63) is 47.7 Å². The van der Waals surface area contributed by atoms with E-state index in [0.717, 1.165) is 0 Å². The Balaban J connectivity index is 2.19. The molecule has 0 fully saturated rings. The van der Waals surface area contributed by atoms with Crippen LogP contribution in [0.3, 0.4) is 0 Å². The highest BCUT2D eigenvalue weighted by Crippen LogP contribution is 2.24. The van der Waals surface area contributed by atoms with Crippen molar-refractivity contribution in [2.75, 3.05) is 6.61 Å². The van der Waals surface area contributed by atoms with Gasteiger partial charge in [-0.05, 0) is 32.0 Å². The number of pyridine rings is 1. The molecular weight excluding hydrogens is 258 g/mol. The van der Waals surface area contributed by atoms with Gasteiger partial charge in [-0.15, -0.1) is 0 Å². The number of carboxylic acids is 1. The van der Waals surface area contributed by atoms with E-state index < -0.39 is 5.97 Å². The van der Waals surface area contributed by atoms with Crippen molar-refractivity contribution in [1.82, 2.24) is 4.98 Å². The molecule has 5 nitrogen and oxygen atoms in total. The number of hydrogen-bond acceptors (Lipinski definition) is 4. The third-order valence-corrected chi connectivity index (χ3v) is 2.63. The largest absolute Gasteiger partial charge is 0.494 e. The lowest BCUT2D eigenvalue weighted by Gasteiger charge is -2.08. The van der Waals surface area contributed by atoms with E-state index in [1.165, 1.54) is 12.1 Å². The number of rotatable bonds is 5. The molecule has 0 saturated heterocycles. The summed E-state index contributed by atoms with van der Waals surface area (Å²) < 4.78 is 11.0. The highest BCUT2D eigenvalue weighted by molar-refractivity contribution is 5.88. The molecule has 0 atom stereocenters. The van der Waals surface area contributed by atoms with Gasteiger partial charge in [0.15, 0.2) is 0 Å². The van der Waals surface area contributed by atoms with E-state index >= 15 is 0 Å². The summed E-state index contributed by atoms with van der Waals surface area (Å²) >= 11 is 0. The maximum absolute atomic E-state index is 10.9. The fourth-order valence-electron chi connectivity index (χ4n) is 1.74. The van der Waals surface area contributed by atoms with Gasteiger partial charge in [0, 0.05) is 12.1 Å². The van der Waals surface area contributed by atoms with Gasteiger partial charge in [0.25, 0.3) is 0 Å². The zero-order chi connectivity index (χ0) is 14.5. The molecule has 2 aromatic rings. The van der Waals surface area contributed by atoms with Crippen LogP contribution in [0.25, 0.3) is 0 Å². The molecule has 20 heavy (non-hydrogen) atoms. The summed E-state index contributed by atoms with van der Waals surface area (Å²) in [7, 11) is 0. The van der Waals surface area contributed by atoms with Gasteiger partial charge in [-0.3, -0.25) is 0 Å². The number of aryl methyl sites for hydroxylation is 1. The van der Waals surface area contributed by atoms with Crippen molar-refractivity contribution in [2.24, 2.45) is 0 Å². The molecule has 0 aliphatic carbocycles. The third kappa shape index (κ3) is 3.26. The Kier molecular flexibility index (Phi) is 4.20. The summed E-state index contributed by atoms with van der Waals surface area (Å²) in [5.41, 5.74) is 0.580. The summed E-state index contributed by atoms with van der Waals surface area (Å²) in [5.74, 6) is 0.649. The van der Waals surface area contributed by atoms with E-state index in [2.05, 4.69) is 4.98 Å². The average Bonchev–Trinajstić information content (AvgIpc) is 2.39. The lowest BCUT2D eigenvalue weighted by Crippen LogP contribution is -2.02. The van der Waals surface area contributed by atoms with Crippen LogP contribution < -0.4 is 9.47 Å². The van der Waals surface area contributed by atoms with E-state index in [0.29, 0.717) is 29.7 Å². The van der Waals surface area contributed by atoms with Crippen molar-refractivity contribution >= 4 is 5.97 Å². The van der Waals surface area contributed by atoms with Gasteiger partial charge < -0.3 is 14.6 Å². The first kappa shape index (κ1) is 13.9. The van der Waals surface area contributed by atoms with Crippen LogP contribution in [0, 0.1) is 6.92 Å². The van der Waals surface area contributed by atoms with Crippen LogP contribution in [0.4, 0.5) is 0 Å². The molecule has 5 heteroatoms. The number of hydrogen-bond donors (Lipinski definition) is 1. The highest BCUT2D eigenvalue weighted by atomic mass is 16.5. The zero-order valence-electron chi connectivity index (χ0n) is 11.3. The smallest absolute Gasteiger partial charge is 0.337 e. The van der Waals surface area contributed by atoms with Crippen molar-refractivity contribution in [2.45, 2.75) is 13.8 Å². The molecule has 0 aliphatic heterocycles. The quantitative estimate of drug-likeness (QED) is 0.905. The van der Waals surface area contributed by atoms with Gasteiger partial charge in [0.1, 0.15) is 11.5 Å². The van der Waals surface area contributed by atoms with E-state index in [-0.39, 0.29) is 5.56 Å². The molecular formula is C15H15NO4. The summed E-state index contributed by atoms with van der Waals surface area (Å²) in [6.45, 7) is 4.12. The minimum atomic E-state index is -1.00. The number of aromatic carboxylic acids is 1. The Hall–Kier alpha value is -2.56. The maximum atomic E-state index is 10.9. The second-order valence-electron chi connectivity index (χ2n) is 4.10. The van der Waals surface area contributed by atoms with Crippen LogP contribution in [-0.2, 0) is 0 Å². The van der Waals surface area contributed by atoms with Gasteiger partial charge in [-0.2, -0.15) is 0 Å². The van der Waals surface area contributed by atoms with Crippen LogP contribution in [0.2, 0.25) is 0 Å². The van der Waals surface area contributed by atoms with Crippen molar-refractivity contribution in [1.29, 1.82) is 0 Å². The Morgan fingerprint density at radius 3 is 2.65 bits per heavy atom. The second kappa shape index (κ2) is 6.06. The molecule has 1 aromatic carbocycles. The number of carbonyl (C=O) groups is 1. The van der Waals surface area contributed by atoms with Crippen LogP contribution in [0.5, 0.6) is 17.4 Å². The standard InChI is InChI=1S/C15H15NO4/c1-3-19-11-5-4-6-12(9-11)20-14-8-7-13(15(17)18)10(2)16-14/h4-9H,3H2,1-2H3,(H,17,18). The second-order valence-corrected chi connectivity index (χ2v) is 4.10. The first-order valence-electron chi connectivity index (χ1n) is 6.22. The first-order chi connectivity index (χ1) is 9.60. The van der Waals surface area contributed by atoms with E-state index in [1.54, 1.807) is 19.1 Å². The number of nitrogens with zero attached hydrogens (tertiary/aromatic N) is 1. The molecule has 0 spiro atoms. The number of aromatic nitrogens is 1. The predicted molar refractivity (Wildman–Crippen MR) is 73.6 cm³/mol. The minimum absolute atomic E-state index is 0.167.